The normalized spacial score (nSPS) is 14.9. The lowest BCUT2D eigenvalue weighted by molar-refractivity contribution is -0.129. The number of methoxy groups -OCH3 is 2. The van der Waals surface area contributed by atoms with Crippen LogP contribution >= 0.6 is 0 Å². The molecular weight excluding hydrogens is 360 g/mol. The van der Waals surface area contributed by atoms with Crippen LogP contribution in [0.15, 0.2) is 53.2 Å². The maximum atomic E-state index is 12.2. The van der Waals surface area contributed by atoms with Crippen LogP contribution in [0, 0.1) is 0 Å². The van der Waals surface area contributed by atoms with Crippen molar-refractivity contribution in [1.29, 1.82) is 0 Å². The Labute approximate surface area is 153 Å². The average molecular weight is 375 g/mol. The predicted molar refractivity (Wildman–Crippen MR) is 93.2 cm³/mol. The van der Waals surface area contributed by atoms with Crippen LogP contribution in [-0.2, 0) is 9.53 Å². The molecule has 0 aromatic heterocycles. The number of hydrogen-bond donors (Lipinski definition) is 0. The van der Waals surface area contributed by atoms with Crippen LogP contribution in [0.25, 0.3) is 6.08 Å². The van der Waals surface area contributed by atoms with Crippen molar-refractivity contribution >= 4 is 17.9 Å². The van der Waals surface area contributed by atoms with Crippen molar-refractivity contribution in [3.8, 4) is 17.2 Å². The summed E-state index contributed by atoms with van der Waals surface area (Å²) >= 11 is 0. The summed E-state index contributed by atoms with van der Waals surface area (Å²) in [6.07, 6.45) is 1.55. The number of nitrogens with zero attached hydrogens (tertiary/aromatic N) is 1. The molecule has 0 bridgehead atoms. The van der Waals surface area contributed by atoms with E-state index >= 15 is 0 Å². The summed E-state index contributed by atoms with van der Waals surface area (Å²) in [4.78, 5) is 16.2. The Morgan fingerprint density at radius 1 is 1.04 bits per heavy atom. The second kappa shape index (κ2) is 7.86. The molecule has 2 aromatic rings. The Bertz CT molecular complexity index is 907. The van der Waals surface area contributed by atoms with Crippen molar-refractivity contribution in [2.75, 3.05) is 14.2 Å². The second-order valence-electron chi connectivity index (χ2n) is 5.35. The first-order chi connectivity index (χ1) is 13.0. The van der Waals surface area contributed by atoms with E-state index in [9.17, 15) is 13.6 Å². The largest absolute Gasteiger partial charge is 0.493 e. The molecule has 0 aliphatic carbocycles. The highest BCUT2D eigenvalue weighted by molar-refractivity contribution is 6.12. The minimum absolute atomic E-state index is 0.000216. The summed E-state index contributed by atoms with van der Waals surface area (Å²) in [5.74, 6) is 0.531. The van der Waals surface area contributed by atoms with E-state index in [0.717, 1.165) is 0 Å². The molecule has 0 N–H and O–H groups in total. The van der Waals surface area contributed by atoms with E-state index in [0.29, 0.717) is 22.6 Å². The van der Waals surface area contributed by atoms with Crippen LogP contribution in [-0.4, -0.2) is 32.7 Å². The summed E-state index contributed by atoms with van der Waals surface area (Å²) in [7, 11) is 3.04. The molecular formula is C19H15F2NO5. The van der Waals surface area contributed by atoms with Gasteiger partial charge >= 0.3 is 12.6 Å². The number of aliphatic imine (C=N–C) groups is 1. The van der Waals surface area contributed by atoms with E-state index in [1.54, 1.807) is 24.3 Å². The van der Waals surface area contributed by atoms with Gasteiger partial charge in [0.05, 0.1) is 14.2 Å². The van der Waals surface area contributed by atoms with Gasteiger partial charge in [-0.25, -0.2) is 9.79 Å². The van der Waals surface area contributed by atoms with Crippen molar-refractivity contribution in [3.05, 3.63) is 59.3 Å². The smallest absolute Gasteiger partial charge is 0.387 e. The molecule has 1 aliphatic heterocycles. The molecule has 140 valence electrons. The number of halogens is 2. The Balaban J connectivity index is 1.84. The fourth-order valence-electron chi connectivity index (χ4n) is 2.41. The van der Waals surface area contributed by atoms with Crippen LogP contribution in [0.4, 0.5) is 8.78 Å². The predicted octanol–water partition coefficient (Wildman–Crippen LogP) is 3.65. The zero-order valence-corrected chi connectivity index (χ0v) is 14.4. The molecule has 8 heteroatoms. The first kappa shape index (κ1) is 18.4. The summed E-state index contributed by atoms with van der Waals surface area (Å²) in [5.41, 5.74) is 1.23. The molecule has 2 aromatic carbocycles. The first-order valence-corrected chi connectivity index (χ1v) is 7.80. The quantitative estimate of drug-likeness (QED) is 0.570. The van der Waals surface area contributed by atoms with Gasteiger partial charge in [-0.2, -0.15) is 8.78 Å². The van der Waals surface area contributed by atoms with Gasteiger partial charge in [0.1, 0.15) is 5.75 Å². The minimum Gasteiger partial charge on any atom is -0.493 e. The topological polar surface area (TPSA) is 66.3 Å². The van der Waals surface area contributed by atoms with Crippen LogP contribution in [0.5, 0.6) is 17.2 Å². The SMILES string of the molecule is COc1ccc(/C=C2\N=C(c3ccc(OC(F)F)cc3)OC2=O)cc1OC. The molecule has 0 atom stereocenters. The lowest BCUT2D eigenvalue weighted by Crippen LogP contribution is -2.06. The summed E-state index contributed by atoms with van der Waals surface area (Å²) in [6, 6.07) is 10.8. The third-order valence-electron chi connectivity index (χ3n) is 3.66. The van der Waals surface area contributed by atoms with Gasteiger partial charge in [-0.1, -0.05) is 6.07 Å². The van der Waals surface area contributed by atoms with Crippen molar-refractivity contribution in [3.63, 3.8) is 0 Å². The molecule has 0 saturated heterocycles. The lowest BCUT2D eigenvalue weighted by atomic mass is 10.1. The van der Waals surface area contributed by atoms with Crippen LogP contribution in [0.2, 0.25) is 0 Å². The van der Waals surface area contributed by atoms with Crippen molar-refractivity contribution < 1.29 is 32.5 Å². The number of cyclic esters (lactones) is 1. The molecule has 0 fully saturated rings. The second-order valence-corrected chi connectivity index (χ2v) is 5.35. The average Bonchev–Trinajstić information content (AvgIpc) is 3.02. The highest BCUT2D eigenvalue weighted by atomic mass is 19.3. The Morgan fingerprint density at radius 3 is 2.37 bits per heavy atom. The fourth-order valence-corrected chi connectivity index (χ4v) is 2.41. The fraction of sp³-hybridized carbons (Fsp3) is 0.158. The van der Waals surface area contributed by atoms with E-state index in [1.807, 2.05) is 0 Å². The van der Waals surface area contributed by atoms with E-state index in [2.05, 4.69) is 9.73 Å². The molecule has 0 radical (unpaired) electrons. The number of carbonyl (C=O) groups excluding carboxylic acids is 1. The molecule has 1 aliphatic rings. The molecule has 0 saturated carbocycles. The molecule has 6 nitrogen and oxygen atoms in total. The van der Waals surface area contributed by atoms with Gasteiger partial charge in [-0.15, -0.1) is 0 Å². The monoisotopic (exact) mass is 375 g/mol. The number of benzene rings is 2. The number of esters is 1. The highest BCUT2D eigenvalue weighted by Gasteiger charge is 2.24. The zero-order chi connectivity index (χ0) is 19.4. The van der Waals surface area contributed by atoms with E-state index in [1.165, 1.54) is 38.5 Å². The lowest BCUT2D eigenvalue weighted by Gasteiger charge is -2.07. The van der Waals surface area contributed by atoms with Crippen LogP contribution in [0.3, 0.4) is 0 Å². The Morgan fingerprint density at radius 2 is 1.74 bits per heavy atom. The molecule has 0 unspecified atom stereocenters. The Kier molecular flexibility index (Phi) is 5.35. The maximum Gasteiger partial charge on any atom is 0.387 e. The van der Waals surface area contributed by atoms with E-state index < -0.39 is 12.6 Å². The van der Waals surface area contributed by atoms with Crippen LogP contribution < -0.4 is 14.2 Å². The molecule has 27 heavy (non-hydrogen) atoms. The number of carbonyl (C=O) groups is 1. The number of rotatable bonds is 6. The third-order valence-corrected chi connectivity index (χ3v) is 3.66. The van der Waals surface area contributed by atoms with Gasteiger partial charge in [-0.3, -0.25) is 0 Å². The van der Waals surface area contributed by atoms with Crippen molar-refractivity contribution in [2.24, 2.45) is 4.99 Å². The molecule has 0 spiro atoms. The zero-order valence-electron chi connectivity index (χ0n) is 14.4. The van der Waals surface area contributed by atoms with Crippen molar-refractivity contribution in [1.82, 2.24) is 0 Å². The number of alkyl halides is 2. The third kappa shape index (κ3) is 4.22. The van der Waals surface area contributed by atoms with Gasteiger partial charge in [0.25, 0.3) is 0 Å². The van der Waals surface area contributed by atoms with E-state index in [4.69, 9.17) is 14.2 Å². The van der Waals surface area contributed by atoms with Gasteiger partial charge < -0.3 is 18.9 Å². The van der Waals surface area contributed by atoms with Gasteiger partial charge in [0.2, 0.25) is 5.90 Å². The van der Waals surface area contributed by atoms with Gasteiger partial charge in [0, 0.05) is 5.56 Å². The molecule has 1 heterocycles. The highest BCUT2D eigenvalue weighted by Crippen LogP contribution is 2.29. The molecule has 3 rings (SSSR count). The minimum atomic E-state index is -2.91. The van der Waals surface area contributed by atoms with Gasteiger partial charge in [0.15, 0.2) is 17.2 Å². The number of hydrogen-bond acceptors (Lipinski definition) is 6. The molecule has 0 amide bonds. The standard InChI is InChI=1S/C19H15F2NO5/c1-24-15-8-3-11(10-16(15)25-2)9-14-18(23)27-17(22-14)12-4-6-13(7-5-12)26-19(20)21/h3-10,19H,1-2H3/b14-9-. The van der Waals surface area contributed by atoms with Crippen LogP contribution in [0.1, 0.15) is 11.1 Å². The maximum absolute atomic E-state index is 12.2. The first-order valence-electron chi connectivity index (χ1n) is 7.80. The summed E-state index contributed by atoms with van der Waals surface area (Å²) in [6.45, 7) is -2.91. The van der Waals surface area contributed by atoms with Gasteiger partial charge in [-0.05, 0) is 48.0 Å². The van der Waals surface area contributed by atoms with E-state index in [-0.39, 0.29) is 17.3 Å². The van der Waals surface area contributed by atoms with Crippen molar-refractivity contribution in [2.45, 2.75) is 6.61 Å². The summed E-state index contributed by atoms with van der Waals surface area (Å²) < 4.78 is 44.2. The Hall–Kier alpha value is -3.42. The number of ether oxygens (including phenoxy) is 4. The summed E-state index contributed by atoms with van der Waals surface area (Å²) in [5, 5.41) is 0.